The van der Waals surface area contributed by atoms with Gasteiger partial charge in [0.15, 0.2) is 12.1 Å². The van der Waals surface area contributed by atoms with E-state index >= 15 is 0 Å². The van der Waals surface area contributed by atoms with Crippen LogP contribution in [0.15, 0.2) is 0 Å². The van der Waals surface area contributed by atoms with Gasteiger partial charge in [-0.2, -0.15) is 0 Å². The Labute approximate surface area is 148 Å². The molecule has 2 aliphatic heterocycles. The highest BCUT2D eigenvalue weighted by Gasteiger charge is 2.44. The first-order valence-corrected chi connectivity index (χ1v) is 9.57. The van der Waals surface area contributed by atoms with Gasteiger partial charge in [0.05, 0.1) is 31.1 Å². The molecule has 6 heteroatoms. The van der Waals surface area contributed by atoms with Gasteiger partial charge in [-0.05, 0) is 31.6 Å². The summed E-state index contributed by atoms with van der Waals surface area (Å²) in [5.74, 6) is -0.0510. The lowest BCUT2D eigenvalue weighted by Crippen LogP contribution is -2.47. The normalized spacial score (nSPS) is 47.3. The van der Waals surface area contributed by atoms with Gasteiger partial charge in [0, 0.05) is 11.8 Å². The summed E-state index contributed by atoms with van der Waals surface area (Å²) in [6.07, 6.45) is 0.755. The van der Waals surface area contributed by atoms with E-state index in [1.807, 2.05) is 6.92 Å². The summed E-state index contributed by atoms with van der Waals surface area (Å²) < 4.78 is 31.7. The summed E-state index contributed by atoms with van der Waals surface area (Å²) in [5, 5.41) is -0.574. The van der Waals surface area contributed by atoms with E-state index in [0.717, 1.165) is 12.8 Å². The molecule has 6 unspecified atom stereocenters. The van der Waals surface area contributed by atoms with Crippen LogP contribution in [-0.4, -0.2) is 49.5 Å². The van der Waals surface area contributed by atoms with Crippen LogP contribution in [0.1, 0.15) is 39.5 Å². The van der Waals surface area contributed by atoms with Gasteiger partial charge in [-0.1, -0.05) is 13.8 Å². The molecule has 2 heterocycles. The maximum Gasteiger partial charge on any atom is 0.167 e. The Balaban J connectivity index is 1.50. The summed E-state index contributed by atoms with van der Waals surface area (Å²) in [4.78, 5) is 12.7. The SMILES string of the molecule is CC1COC(C2CCC(C(=O)C3CCC(C)C(Cl)C3F)OC2)OC1. The maximum absolute atomic E-state index is 14.5. The zero-order valence-corrected chi connectivity index (χ0v) is 15.2. The number of carbonyl (C=O) groups is 1. The van der Waals surface area contributed by atoms with Gasteiger partial charge in [0.1, 0.15) is 12.3 Å². The Bertz CT molecular complexity index is 433. The minimum Gasteiger partial charge on any atom is -0.370 e. The molecule has 0 spiro atoms. The standard InChI is InChI=1S/C18H28ClFO4/c1-10-7-23-18(24-8-10)12-4-6-14(22-9-12)17(21)13-5-3-11(2)15(19)16(13)20/h10-16,18H,3-9H2,1-2H3. The number of carbonyl (C=O) groups excluding carboxylic acids is 1. The molecule has 3 fully saturated rings. The van der Waals surface area contributed by atoms with Gasteiger partial charge in [-0.15, -0.1) is 11.6 Å². The molecule has 1 aliphatic carbocycles. The van der Waals surface area contributed by atoms with Crippen molar-refractivity contribution in [3.8, 4) is 0 Å². The van der Waals surface area contributed by atoms with Crippen molar-refractivity contribution in [1.29, 1.82) is 0 Å². The first-order valence-electron chi connectivity index (χ1n) is 9.14. The highest BCUT2D eigenvalue weighted by atomic mass is 35.5. The molecule has 24 heavy (non-hydrogen) atoms. The van der Waals surface area contributed by atoms with Crippen LogP contribution in [0.4, 0.5) is 4.39 Å². The van der Waals surface area contributed by atoms with Gasteiger partial charge < -0.3 is 14.2 Å². The fraction of sp³-hybridized carbons (Fsp3) is 0.944. The van der Waals surface area contributed by atoms with Crippen LogP contribution in [0.25, 0.3) is 0 Å². The Morgan fingerprint density at radius 1 is 1.00 bits per heavy atom. The minimum absolute atomic E-state index is 0.113. The van der Waals surface area contributed by atoms with Crippen molar-refractivity contribution in [3.63, 3.8) is 0 Å². The van der Waals surface area contributed by atoms with Crippen molar-refractivity contribution in [2.24, 2.45) is 23.7 Å². The molecular formula is C18H28ClFO4. The molecule has 0 radical (unpaired) electrons. The zero-order chi connectivity index (χ0) is 17.3. The van der Waals surface area contributed by atoms with Crippen molar-refractivity contribution in [3.05, 3.63) is 0 Å². The molecule has 4 nitrogen and oxygen atoms in total. The van der Waals surface area contributed by atoms with E-state index < -0.39 is 23.6 Å². The van der Waals surface area contributed by atoms with Crippen LogP contribution in [0.5, 0.6) is 0 Å². The van der Waals surface area contributed by atoms with Crippen molar-refractivity contribution < 1.29 is 23.4 Å². The highest BCUT2D eigenvalue weighted by molar-refractivity contribution is 6.21. The predicted octanol–water partition coefficient (Wildman–Crippen LogP) is 3.35. The average Bonchev–Trinajstić information content (AvgIpc) is 2.60. The average molecular weight is 363 g/mol. The number of hydrogen-bond donors (Lipinski definition) is 0. The van der Waals surface area contributed by atoms with E-state index in [1.165, 1.54) is 0 Å². The topological polar surface area (TPSA) is 44.8 Å². The second kappa shape index (κ2) is 7.98. The monoisotopic (exact) mass is 362 g/mol. The molecular weight excluding hydrogens is 335 g/mol. The van der Waals surface area contributed by atoms with Crippen molar-refractivity contribution in [2.45, 2.75) is 63.5 Å². The van der Waals surface area contributed by atoms with Crippen LogP contribution >= 0.6 is 11.6 Å². The fourth-order valence-corrected chi connectivity index (χ4v) is 4.23. The summed E-state index contributed by atoms with van der Waals surface area (Å²) in [6.45, 7) is 5.86. The molecule has 0 N–H and O–H groups in total. The molecule has 138 valence electrons. The van der Waals surface area contributed by atoms with Crippen LogP contribution in [0, 0.1) is 23.7 Å². The molecule has 6 atom stereocenters. The van der Waals surface area contributed by atoms with Crippen molar-refractivity contribution in [2.75, 3.05) is 19.8 Å². The molecule has 0 aromatic rings. The summed E-state index contributed by atoms with van der Waals surface area (Å²) >= 11 is 6.13. The Morgan fingerprint density at radius 2 is 1.71 bits per heavy atom. The molecule has 0 amide bonds. The Kier molecular flexibility index (Phi) is 6.17. The smallest absolute Gasteiger partial charge is 0.167 e. The van der Waals surface area contributed by atoms with Crippen molar-refractivity contribution >= 4 is 17.4 Å². The Morgan fingerprint density at radius 3 is 2.33 bits per heavy atom. The first kappa shape index (κ1) is 18.6. The van der Waals surface area contributed by atoms with Gasteiger partial charge in [0.25, 0.3) is 0 Å². The van der Waals surface area contributed by atoms with E-state index in [4.69, 9.17) is 25.8 Å². The van der Waals surface area contributed by atoms with E-state index in [9.17, 15) is 9.18 Å². The number of ether oxygens (including phenoxy) is 3. The van der Waals surface area contributed by atoms with E-state index in [-0.39, 0.29) is 23.9 Å². The third kappa shape index (κ3) is 3.95. The van der Waals surface area contributed by atoms with Crippen molar-refractivity contribution in [1.82, 2.24) is 0 Å². The summed E-state index contributed by atoms with van der Waals surface area (Å²) in [6, 6.07) is 0. The predicted molar refractivity (Wildman–Crippen MR) is 88.8 cm³/mol. The first-order chi connectivity index (χ1) is 11.5. The molecule has 0 aromatic heterocycles. The van der Waals surface area contributed by atoms with Crippen LogP contribution in [-0.2, 0) is 19.0 Å². The number of ketones is 1. The van der Waals surface area contributed by atoms with E-state index in [0.29, 0.717) is 38.6 Å². The largest absolute Gasteiger partial charge is 0.370 e. The number of Topliss-reactive ketones (excluding diaryl/α,β-unsaturated/α-hetero) is 1. The summed E-state index contributed by atoms with van der Waals surface area (Å²) in [5.41, 5.74) is 0. The quantitative estimate of drug-likeness (QED) is 0.722. The lowest BCUT2D eigenvalue weighted by Gasteiger charge is -2.39. The molecule has 2 saturated heterocycles. The molecule has 3 aliphatic rings. The highest BCUT2D eigenvalue weighted by Crippen LogP contribution is 2.37. The molecule has 0 aromatic carbocycles. The van der Waals surface area contributed by atoms with Gasteiger partial charge in [-0.25, -0.2) is 4.39 Å². The lowest BCUT2D eigenvalue weighted by molar-refractivity contribution is -0.238. The molecule has 1 saturated carbocycles. The maximum atomic E-state index is 14.5. The van der Waals surface area contributed by atoms with Gasteiger partial charge in [-0.3, -0.25) is 4.79 Å². The third-order valence-corrected chi connectivity index (χ3v) is 6.30. The van der Waals surface area contributed by atoms with Gasteiger partial charge >= 0.3 is 0 Å². The number of hydrogen-bond acceptors (Lipinski definition) is 4. The van der Waals surface area contributed by atoms with E-state index in [2.05, 4.69) is 6.92 Å². The van der Waals surface area contributed by atoms with Crippen LogP contribution in [0.2, 0.25) is 0 Å². The molecule has 3 rings (SSSR count). The number of rotatable bonds is 3. The van der Waals surface area contributed by atoms with Gasteiger partial charge in [0.2, 0.25) is 0 Å². The summed E-state index contributed by atoms with van der Waals surface area (Å²) in [7, 11) is 0. The third-order valence-electron chi connectivity index (χ3n) is 5.63. The van der Waals surface area contributed by atoms with E-state index in [1.54, 1.807) is 0 Å². The number of halogens is 2. The second-order valence-electron chi connectivity index (χ2n) is 7.75. The Hall–Kier alpha value is -0.230. The number of alkyl halides is 2. The second-order valence-corrected chi connectivity index (χ2v) is 8.26. The molecule has 0 bridgehead atoms. The minimum atomic E-state index is -1.27. The zero-order valence-electron chi connectivity index (χ0n) is 14.5. The van der Waals surface area contributed by atoms with Crippen LogP contribution in [0.3, 0.4) is 0 Å². The fourth-order valence-electron chi connectivity index (χ4n) is 3.93. The van der Waals surface area contributed by atoms with Crippen LogP contribution < -0.4 is 0 Å². The lowest BCUT2D eigenvalue weighted by atomic mass is 9.77.